The van der Waals surface area contributed by atoms with Crippen LogP contribution in [-0.2, 0) is 6.61 Å². The van der Waals surface area contributed by atoms with Gasteiger partial charge >= 0.3 is 0 Å². The van der Waals surface area contributed by atoms with Crippen LogP contribution < -0.4 is 10.2 Å². The molecule has 4 rings (SSSR count). The molecule has 0 spiro atoms. The Morgan fingerprint density at radius 2 is 1.84 bits per heavy atom. The topological polar surface area (TPSA) is 93.8 Å². The molecule has 0 atom stereocenters. The van der Waals surface area contributed by atoms with Crippen LogP contribution in [-0.4, -0.2) is 17.0 Å². The number of amides is 1. The van der Waals surface area contributed by atoms with Crippen LogP contribution in [0.15, 0.2) is 77.9 Å². The average Bonchev–Trinajstić information content (AvgIpc) is 3.23. The summed E-state index contributed by atoms with van der Waals surface area (Å²) < 4.78 is 6.58. The third-order valence-electron chi connectivity index (χ3n) is 4.72. The number of thiophene rings is 1. The molecule has 0 saturated heterocycles. The number of aryl methyl sites for hydroxylation is 1. The number of nitro groups is 1. The van der Waals surface area contributed by atoms with Gasteiger partial charge in [0, 0.05) is 22.2 Å². The molecule has 3 aromatic carbocycles. The van der Waals surface area contributed by atoms with Gasteiger partial charge in [0.25, 0.3) is 11.6 Å². The summed E-state index contributed by atoms with van der Waals surface area (Å²) in [5.74, 6) is 0.370. The maximum absolute atomic E-state index is 12.4. The van der Waals surface area contributed by atoms with E-state index in [9.17, 15) is 14.9 Å². The highest BCUT2D eigenvalue weighted by Gasteiger charge is 2.12. The minimum Gasteiger partial charge on any atom is -0.489 e. The molecule has 0 aliphatic carbocycles. The van der Waals surface area contributed by atoms with Crippen molar-refractivity contribution in [2.45, 2.75) is 13.5 Å². The normalized spacial score (nSPS) is 11.0. The molecule has 0 unspecified atom stereocenters. The molecule has 0 saturated carbocycles. The molecule has 7 nitrogen and oxygen atoms in total. The highest BCUT2D eigenvalue weighted by molar-refractivity contribution is 7.20. The first kappa shape index (κ1) is 21.2. The van der Waals surface area contributed by atoms with Gasteiger partial charge in [-0.05, 0) is 54.4 Å². The second-order valence-corrected chi connectivity index (χ2v) is 8.22. The predicted octanol–water partition coefficient (Wildman–Crippen LogP) is 5.46. The third-order valence-corrected chi connectivity index (χ3v) is 5.84. The first-order valence-corrected chi connectivity index (χ1v) is 10.6. The summed E-state index contributed by atoms with van der Waals surface area (Å²) in [6.07, 6.45) is 1.54. The number of fused-ring (bicyclic) bond motifs is 1. The van der Waals surface area contributed by atoms with Crippen LogP contribution in [0.1, 0.15) is 26.4 Å². The Morgan fingerprint density at radius 3 is 2.56 bits per heavy atom. The number of ether oxygens (including phenoxy) is 1. The molecule has 1 N–H and O–H groups in total. The lowest BCUT2D eigenvalue weighted by molar-refractivity contribution is -0.384. The van der Waals surface area contributed by atoms with Gasteiger partial charge in [0.05, 0.1) is 16.0 Å². The number of hydrazone groups is 1. The van der Waals surface area contributed by atoms with Gasteiger partial charge in [-0.15, -0.1) is 11.3 Å². The van der Waals surface area contributed by atoms with Crippen LogP contribution in [0, 0.1) is 17.0 Å². The maximum Gasteiger partial charge on any atom is 0.281 e. The zero-order valence-electron chi connectivity index (χ0n) is 17.1. The lowest BCUT2D eigenvalue weighted by Gasteiger charge is -2.06. The number of nitro benzene ring substituents is 1. The number of benzene rings is 3. The van der Waals surface area contributed by atoms with E-state index in [-0.39, 0.29) is 11.6 Å². The molecule has 4 aromatic rings. The zero-order valence-corrected chi connectivity index (χ0v) is 18.0. The second-order valence-electron chi connectivity index (χ2n) is 7.13. The molecule has 8 heteroatoms. The summed E-state index contributed by atoms with van der Waals surface area (Å²) in [7, 11) is 0. The smallest absolute Gasteiger partial charge is 0.281 e. The molecule has 32 heavy (non-hydrogen) atoms. The Labute approximate surface area is 188 Å². The Hall–Kier alpha value is -4.04. The standard InChI is InChI=1S/C24H19N3O4S/c1-16-2-4-18(5-3-16)15-31-21-9-6-17(7-10-21)14-25-26-24(28)23-13-19-12-20(27(29)30)8-11-22(19)32-23/h2-14H,15H2,1H3,(H,26,28)/b25-14-. The first-order chi connectivity index (χ1) is 15.5. The van der Waals surface area contributed by atoms with Crippen molar-refractivity contribution >= 4 is 39.2 Å². The molecule has 0 aliphatic rings. The number of nitrogens with zero attached hydrogens (tertiary/aromatic N) is 2. The summed E-state index contributed by atoms with van der Waals surface area (Å²) in [4.78, 5) is 23.2. The van der Waals surface area contributed by atoms with Crippen molar-refractivity contribution in [2.75, 3.05) is 0 Å². The Balaban J connectivity index is 1.33. The molecular formula is C24H19N3O4S. The van der Waals surface area contributed by atoms with Crippen LogP contribution in [0.2, 0.25) is 0 Å². The molecular weight excluding hydrogens is 426 g/mol. The third kappa shape index (κ3) is 5.16. The maximum atomic E-state index is 12.4. The van der Waals surface area contributed by atoms with Crippen LogP contribution >= 0.6 is 11.3 Å². The summed E-state index contributed by atoms with van der Waals surface area (Å²) in [5, 5.41) is 15.5. The minimum absolute atomic E-state index is 0.00780. The van der Waals surface area contributed by atoms with E-state index in [1.54, 1.807) is 18.3 Å². The quantitative estimate of drug-likeness (QED) is 0.232. The van der Waals surface area contributed by atoms with Gasteiger partial charge in [-0.1, -0.05) is 29.8 Å². The Morgan fingerprint density at radius 1 is 1.09 bits per heavy atom. The minimum atomic E-state index is -0.458. The fourth-order valence-corrected chi connectivity index (χ4v) is 3.91. The summed E-state index contributed by atoms with van der Waals surface area (Å²) >= 11 is 1.25. The monoisotopic (exact) mass is 445 g/mol. The van der Waals surface area contributed by atoms with Crippen LogP contribution in [0.4, 0.5) is 5.69 Å². The number of nitrogens with one attached hydrogen (secondary N) is 1. The van der Waals surface area contributed by atoms with Gasteiger partial charge in [0.1, 0.15) is 12.4 Å². The molecule has 160 valence electrons. The molecule has 0 fully saturated rings. The number of hydrogen-bond acceptors (Lipinski definition) is 6. The fourth-order valence-electron chi connectivity index (χ4n) is 2.98. The molecule has 0 radical (unpaired) electrons. The van der Waals surface area contributed by atoms with Gasteiger partial charge in [-0.25, -0.2) is 5.43 Å². The molecule has 0 aliphatic heterocycles. The second kappa shape index (κ2) is 9.40. The SMILES string of the molecule is Cc1ccc(COc2ccc(/C=N\NC(=O)c3cc4cc([N+](=O)[O-])ccc4s3)cc2)cc1. The molecule has 0 bridgehead atoms. The lowest BCUT2D eigenvalue weighted by atomic mass is 10.2. The van der Waals surface area contributed by atoms with Crippen molar-refractivity contribution in [1.82, 2.24) is 5.43 Å². The van der Waals surface area contributed by atoms with Gasteiger partial charge in [0.15, 0.2) is 0 Å². The summed E-state index contributed by atoms with van der Waals surface area (Å²) in [5.41, 5.74) is 5.59. The van der Waals surface area contributed by atoms with Crippen molar-refractivity contribution in [3.8, 4) is 5.75 Å². The van der Waals surface area contributed by atoms with Gasteiger partial charge in [-0.2, -0.15) is 5.10 Å². The van der Waals surface area contributed by atoms with Gasteiger partial charge in [0.2, 0.25) is 0 Å². The Bertz CT molecular complexity index is 1300. The van der Waals surface area contributed by atoms with Crippen LogP contribution in [0.25, 0.3) is 10.1 Å². The van der Waals surface area contributed by atoms with E-state index < -0.39 is 4.92 Å². The van der Waals surface area contributed by atoms with Crippen molar-refractivity contribution in [3.63, 3.8) is 0 Å². The zero-order chi connectivity index (χ0) is 22.5. The fraction of sp³-hybridized carbons (Fsp3) is 0.0833. The number of hydrogen-bond donors (Lipinski definition) is 1. The molecule has 1 aromatic heterocycles. The molecule has 1 heterocycles. The molecule has 1 amide bonds. The van der Waals surface area contributed by atoms with Crippen molar-refractivity contribution in [1.29, 1.82) is 0 Å². The van der Waals surface area contributed by atoms with Crippen molar-refractivity contribution < 1.29 is 14.5 Å². The first-order valence-electron chi connectivity index (χ1n) is 9.78. The Kier molecular flexibility index (Phi) is 6.23. The van der Waals surface area contributed by atoms with E-state index in [4.69, 9.17) is 4.74 Å². The predicted molar refractivity (Wildman–Crippen MR) is 125 cm³/mol. The number of carbonyl (C=O) groups is 1. The van der Waals surface area contributed by atoms with Crippen molar-refractivity contribution in [3.05, 3.63) is 104 Å². The van der Waals surface area contributed by atoms with Crippen LogP contribution in [0.3, 0.4) is 0 Å². The van der Waals surface area contributed by atoms with E-state index >= 15 is 0 Å². The van der Waals surface area contributed by atoms with E-state index in [0.29, 0.717) is 16.9 Å². The van der Waals surface area contributed by atoms with E-state index in [1.165, 1.54) is 29.0 Å². The van der Waals surface area contributed by atoms with E-state index in [2.05, 4.69) is 22.7 Å². The average molecular weight is 446 g/mol. The number of non-ortho nitro benzene ring substituents is 1. The van der Waals surface area contributed by atoms with Crippen molar-refractivity contribution in [2.24, 2.45) is 5.10 Å². The summed E-state index contributed by atoms with van der Waals surface area (Å²) in [6.45, 7) is 2.53. The van der Waals surface area contributed by atoms with Crippen LogP contribution in [0.5, 0.6) is 5.75 Å². The highest BCUT2D eigenvalue weighted by atomic mass is 32.1. The highest BCUT2D eigenvalue weighted by Crippen LogP contribution is 2.28. The summed E-state index contributed by atoms with van der Waals surface area (Å²) in [6, 6.07) is 21.7. The van der Waals surface area contributed by atoms with Gasteiger partial charge < -0.3 is 4.74 Å². The van der Waals surface area contributed by atoms with Gasteiger partial charge in [-0.3, -0.25) is 14.9 Å². The largest absolute Gasteiger partial charge is 0.489 e. The number of rotatable bonds is 7. The number of carbonyl (C=O) groups excluding carboxylic acids is 1. The lowest BCUT2D eigenvalue weighted by Crippen LogP contribution is -2.16. The van der Waals surface area contributed by atoms with E-state index in [0.717, 1.165) is 21.6 Å². The van der Waals surface area contributed by atoms with E-state index in [1.807, 2.05) is 43.3 Å².